The number of nitrogens with zero attached hydrogens (tertiary/aromatic N) is 5. The average molecular weight is 442 g/mol. The van der Waals surface area contributed by atoms with E-state index in [0.29, 0.717) is 31.2 Å². The standard InChI is InChI=1S/C24H35N5O3/c1-19(2)22(30)16-26-8-10-27(11-9-26)17-23-25-21(18-32-23)24(31)29-14-12-28(13-15-29)20-6-4-3-5-7-20/h3-7,18-19,22,30H,8-17H2,1-2H3/t22-/m1/s1. The van der Waals surface area contributed by atoms with Gasteiger partial charge in [-0.15, -0.1) is 0 Å². The molecule has 3 heterocycles. The summed E-state index contributed by atoms with van der Waals surface area (Å²) < 4.78 is 5.63. The maximum absolute atomic E-state index is 12.9. The van der Waals surface area contributed by atoms with Crippen molar-refractivity contribution in [2.45, 2.75) is 26.5 Å². The lowest BCUT2D eigenvalue weighted by molar-refractivity contribution is 0.0463. The van der Waals surface area contributed by atoms with Crippen molar-refractivity contribution in [1.82, 2.24) is 19.7 Å². The number of rotatable bonds is 7. The van der Waals surface area contributed by atoms with E-state index < -0.39 is 0 Å². The van der Waals surface area contributed by atoms with E-state index in [-0.39, 0.29) is 17.9 Å². The predicted molar refractivity (Wildman–Crippen MR) is 124 cm³/mol. The van der Waals surface area contributed by atoms with Gasteiger partial charge in [0.05, 0.1) is 12.6 Å². The van der Waals surface area contributed by atoms with Crippen molar-refractivity contribution in [2.75, 3.05) is 63.8 Å². The molecule has 0 spiro atoms. The van der Waals surface area contributed by atoms with E-state index in [1.54, 1.807) is 0 Å². The lowest BCUT2D eigenvalue weighted by atomic mass is 10.1. The number of aliphatic hydroxyl groups excluding tert-OH is 1. The molecular formula is C24H35N5O3. The van der Waals surface area contributed by atoms with Crippen LogP contribution in [0.1, 0.15) is 30.2 Å². The number of piperazine rings is 2. The molecule has 174 valence electrons. The molecule has 0 bridgehead atoms. The Labute approximate surface area is 190 Å². The Balaban J connectivity index is 1.23. The van der Waals surface area contributed by atoms with E-state index in [1.165, 1.54) is 12.0 Å². The first-order chi connectivity index (χ1) is 15.5. The Morgan fingerprint density at radius 1 is 1.00 bits per heavy atom. The van der Waals surface area contributed by atoms with Crippen LogP contribution in [0.4, 0.5) is 5.69 Å². The van der Waals surface area contributed by atoms with Gasteiger partial charge >= 0.3 is 0 Å². The Morgan fingerprint density at radius 3 is 2.31 bits per heavy atom. The van der Waals surface area contributed by atoms with Crippen molar-refractivity contribution in [1.29, 1.82) is 0 Å². The van der Waals surface area contributed by atoms with Crippen molar-refractivity contribution < 1.29 is 14.3 Å². The molecule has 0 aliphatic carbocycles. The van der Waals surface area contributed by atoms with E-state index in [1.807, 2.05) is 36.9 Å². The highest BCUT2D eigenvalue weighted by Gasteiger charge is 2.26. The van der Waals surface area contributed by atoms with Crippen LogP contribution in [-0.2, 0) is 6.54 Å². The molecule has 2 aliphatic rings. The first-order valence-corrected chi connectivity index (χ1v) is 11.7. The number of aliphatic hydroxyl groups is 1. The number of carbonyl (C=O) groups is 1. The molecule has 32 heavy (non-hydrogen) atoms. The first-order valence-electron chi connectivity index (χ1n) is 11.7. The fourth-order valence-electron chi connectivity index (χ4n) is 4.25. The van der Waals surface area contributed by atoms with Crippen LogP contribution in [0.25, 0.3) is 0 Å². The van der Waals surface area contributed by atoms with Crippen LogP contribution >= 0.6 is 0 Å². The van der Waals surface area contributed by atoms with Crippen LogP contribution in [-0.4, -0.2) is 95.7 Å². The minimum absolute atomic E-state index is 0.0554. The number of β-amino-alcohol motifs (C(OH)–C–C–N with tert-alkyl or cyclic N) is 1. The number of anilines is 1. The van der Waals surface area contributed by atoms with Gasteiger partial charge in [-0.05, 0) is 18.1 Å². The summed E-state index contributed by atoms with van der Waals surface area (Å²) in [5, 5.41) is 10.1. The first kappa shape index (κ1) is 22.8. The highest BCUT2D eigenvalue weighted by atomic mass is 16.3. The summed E-state index contributed by atoms with van der Waals surface area (Å²) in [5.74, 6) is 0.810. The molecule has 0 unspecified atom stereocenters. The number of hydrogen-bond acceptors (Lipinski definition) is 7. The molecule has 0 radical (unpaired) electrons. The van der Waals surface area contributed by atoms with E-state index in [2.05, 4.69) is 31.8 Å². The second-order valence-corrected chi connectivity index (χ2v) is 9.13. The van der Waals surface area contributed by atoms with E-state index in [9.17, 15) is 9.90 Å². The summed E-state index contributed by atoms with van der Waals surface area (Å²) in [5.41, 5.74) is 1.59. The lowest BCUT2D eigenvalue weighted by Crippen LogP contribution is -2.49. The molecule has 4 rings (SSSR count). The summed E-state index contributed by atoms with van der Waals surface area (Å²) in [6.07, 6.45) is 1.22. The molecular weight excluding hydrogens is 406 g/mol. The number of aromatic nitrogens is 1. The van der Waals surface area contributed by atoms with E-state index >= 15 is 0 Å². The minimum Gasteiger partial charge on any atom is -0.447 e. The third-order valence-electron chi connectivity index (χ3n) is 6.50. The van der Waals surface area contributed by atoms with E-state index in [4.69, 9.17) is 4.42 Å². The molecule has 8 heteroatoms. The SMILES string of the molecule is CC(C)[C@H](O)CN1CCN(Cc2nc(C(=O)N3CCN(c4ccccc4)CC3)co2)CC1. The number of oxazole rings is 1. The van der Waals surface area contributed by atoms with Gasteiger partial charge in [0.15, 0.2) is 5.69 Å². The molecule has 2 saturated heterocycles. The van der Waals surface area contributed by atoms with Gasteiger partial charge < -0.3 is 19.3 Å². The number of para-hydroxylation sites is 1. The van der Waals surface area contributed by atoms with Crippen molar-refractivity contribution in [3.63, 3.8) is 0 Å². The summed E-state index contributed by atoms with van der Waals surface area (Å²) in [4.78, 5) is 26.1. The molecule has 8 nitrogen and oxygen atoms in total. The lowest BCUT2D eigenvalue weighted by Gasteiger charge is -2.35. The van der Waals surface area contributed by atoms with Crippen LogP contribution in [0, 0.1) is 5.92 Å². The zero-order valence-electron chi connectivity index (χ0n) is 19.2. The molecule has 1 aromatic heterocycles. The average Bonchev–Trinajstić information content (AvgIpc) is 3.29. The molecule has 1 aromatic carbocycles. The Kier molecular flexibility index (Phi) is 7.44. The van der Waals surface area contributed by atoms with Crippen molar-refractivity contribution in [3.8, 4) is 0 Å². The fraction of sp³-hybridized carbons (Fsp3) is 0.583. The highest BCUT2D eigenvalue weighted by molar-refractivity contribution is 5.92. The Morgan fingerprint density at radius 2 is 1.66 bits per heavy atom. The number of hydrogen-bond donors (Lipinski definition) is 1. The summed E-state index contributed by atoms with van der Waals surface area (Å²) in [6, 6.07) is 10.3. The molecule has 1 N–H and O–H groups in total. The monoisotopic (exact) mass is 441 g/mol. The molecule has 2 aromatic rings. The normalized spacial score (nSPS) is 19.5. The topological polar surface area (TPSA) is 76.3 Å². The second-order valence-electron chi connectivity index (χ2n) is 9.13. The summed E-state index contributed by atoms with van der Waals surface area (Å²) in [7, 11) is 0. The number of carbonyl (C=O) groups excluding carboxylic acids is 1. The van der Waals surface area contributed by atoms with Gasteiger partial charge in [-0.1, -0.05) is 32.0 Å². The third kappa shape index (κ3) is 5.68. The van der Waals surface area contributed by atoms with Gasteiger partial charge in [0.1, 0.15) is 6.26 Å². The molecule has 2 aliphatic heterocycles. The van der Waals surface area contributed by atoms with Gasteiger partial charge in [-0.3, -0.25) is 14.6 Å². The van der Waals surface area contributed by atoms with Crippen molar-refractivity contribution in [2.24, 2.45) is 5.92 Å². The quantitative estimate of drug-likeness (QED) is 0.702. The van der Waals surface area contributed by atoms with Gasteiger partial charge in [-0.2, -0.15) is 0 Å². The second kappa shape index (κ2) is 10.5. The van der Waals surface area contributed by atoms with Gasteiger partial charge in [0, 0.05) is 64.6 Å². The summed E-state index contributed by atoms with van der Waals surface area (Å²) in [6.45, 7) is 12.1. The molecule has 1 atom stereocenters. The van der Waals surface area contributed by atoms with Crippen LogP contribution in [0.15, 0.2) is 41.0 Å². The Bertz CT molecular complexity index is 856. The zero-order chi connectivity index (χ0) is 22.5. The molecule has 0 saturated carbocycles. The number of benzene rings is 1. The van der Waals surface area contributed by atoms with Crippen LogP contribution < -0.4 is 4.90 Å². The van der Waals surface area contributed by atoms with Gasteiger partial charge in [-0.25, -0.2) is 4.98 Å². The van der Waals surface area contributed by atoms with Crippen LogP contribution in [0.5, 0.6) is 0 Å². The van der Waals surface area contributed by atoms with Gasteiger partial charge in [0.2, 0.25) is 5.89 Å². The van der Waals surface area contributed by atoms with Crippen LogP contribution in [0.2, 0.25) is 0 Å². The van der Waals surface area contributed by atoms with E-state index in [0.717, 1.165) is 45.8 Å². The predicted octanol–water partition coefficient (Wildman–Crippen LogP) is 1.77. The van der Waals surface area contributed by atoms with Gasteiger partial charge in [0.25, 0.3) is 5.91 Å². The van der Waals surface area contributed by atoms with Crippen LogP contribution in [0.3, 0.4) is 0 Å². The smallest absolute Gasteiger partial charge is 0.275 e. The minimum atomic E-state index is -0.281. The zero-order valence-corrected chi connectivity index (χ0v) is 19.2. The van der Waals surface area contributed by atoms with Crippen molar-refractivity contribution in [3.05, 3.63) is 48.2 Å². The Hall–Kier alpha value is -2.42. The fourth-order valence-corrected chi connectivity index (χ4v) is 4.25. The third-order valence-corrected chi connectivity index (χ3v) is 6.50. The maximum atomic E-state index is 12.9. The molecule has 2 fully saturated rings. The number of amides is 1. The maximum Gasteiger partial charge on any atom is 0.275 e. The molecule has 1 amide bonds. The highest BCUT2D eigenvalue weighted by Crippen LogP contribution is 2.17. The van der Waals surface area contributed by atoms with Crippen molar-refractivity contribution >= 4 is 11.6 Å². The summed E-state index contributed by atoms with van der Waals surface area (Å²) >= 11 is 0. The largest absolute Gasteiger partial charge is 0.447 e.